The summed E-state index contributed by atoms with van der Waals surface area (Å²) >= 11 is 0. The molecule has 1 N–H and O–H groups in total. The number of sulfonamides is 1. The molecule has 8 heteroatoms. The van der Waals surface area contributed by atoms with Gasteiger partial charge in [0.05, 0.1) is 11.3 Å². The normalized spacial score (nSPS) is 17.8. The molecule has 1 atom stereocenters. The first-order valence-corrected chi connectivity index (χ1v) is 9.87. The summed E-state index contributed by atoms with van der Waals surface area (Å²) in [5.41, 5.74) is 1.70. The van der Waals surface area contributed by atoms with Gasteiger partial charge in [-0.05, 0) is 49.2 Å². The SMILES string of the molecule is CCS(=O)(=O)NC1Cc2ccccc2N(c2ccc(C(F)(F)F)cc2)C1. The molecule has 2 aromatic rings. The van der Waals surface area contributed by atoms with E-state index in [2.05, 4.69) is 4.72 Å². The Morgan fingerprint density at radius 2 is 1.77 bits per heavy atom. The molecule has 0 bridgehead atoms. The van der Waals surface area contributed by atoms with E-state index in [1.807, 2.05) is 29.2 Å². The molecule has 1 heterocycles. The lowest BCUT2D eigenvalue weighted by atomic mass is 9.97. The number of rotatable bonds is 4. The van der Waals surface area contributed by atoms with Crippen LogP contribution in [0.2, 0.25) is 0 Å². The van der Waals surface area contributed by atoms with E-state index < -0.39 is 21.8 Å². The topological polar surface area (TPSA) is 49.4 Å². The van der Waals surface area contributed by atoms with Gasteiger partial charge in [-0.1, -0.05) is 18.2 Å². The Hall–Kier alpha value is -2.06. The molecule has 0 spiro atoms. The molecular weight excluding hydrogens is 365 g/mol. The number of hydrogen-bond donors (Lipinski definition) is 1. The highest BCUT2D eigenvalue weighted by Gasteiger charge is 2.31. The van der Waals surface area contributed by atoms with E-state index >= 15 is 0 Å². The molecule has 3 rings (SSSR count). The summed E-state index contributed by atoms with van der Waals surface area (Å²) in [5, 5.41) is 0. The molecule has 26 heavy (non-hydrogen) atoms. The van der Waals surface area contributed by atoms with Crippen LogP contribution in [0.25, 0.3) is 0 Å². The van der Waals surface area contributed by atoms with E-state index in [4.69, 9.17) is 0 Å². The molecule has 4 nitrogen and oxygen atoms in total. The van der Waals surface area contributed by atoms with Crippen molar-refractivity contribution in [3.8, 4) is 0 Å². The Kier molecular flexibility index (Phi) is 4.98. The third kappa shape index (κ3) is 4.02. The van der Waals surface area contributed by atoms with Crippen molar-refractivity contribution in [2.75, 3.05) is 17.2 Å². The Labute approximate surface area is 150 Å². The van der Waals surface area contributed by atoms with Gasteiger partial charge in [-0.25, -0.2) is 13.1 Å². The molecule has 1 aliphatic rings. The summed E-state index contributed by atoms with van der Waals surface area (Å²) in [6.45, 7) is 1.91. The van der Waals surface area contributed by atoms with Gasteiger partial charge in [0.25, 0.3) is 0 Å². The standard InChI is InChI=1S/C18H19F3N2O2S/c1-2-26(24,25)22-15-11-13-5-3-4-6-17(13)23(12-15)16-9-7-14(8-10-16)18(19,20)21/h3-10,15,22H,2,11-12H2,1H3. The van der Waals surface area contributed by atoms with Crippen molar-refractivity contribution >= 4 is 21.4 Å². The second-order valence-corrected chi connectivity index (χ2v) is 8.25. The highest BCUT2D eigenvalue weighted by molar-refractivity contribution is 7.89. The van der Waals surface area contributed by atoms with E-state index in [1.54, 1.807) is 6.92 Å². The lowest BCUT2D eigenvalue weighted by Crippen LogP contribution is -2.47. The van der Waals surface area contributed by atoms with Crippen molar-refractivity contribution in [2.24, 2.45) is 0 Å². The molecule has 2 aromatic carbocycles. The minimum absolute atomic E-state index is 0.0224. The fourth-order valence-electron chi connectivity index (χ4n) is 3.09. The highest BCUT2D eigenvalue weighted by Crippen LogP contribution is 2.36. The van der Waals surface area contributed by atoms with Gasteiger partial charge in [-0.15, -0.1) is 0 Å². The summed E-state index contributed by atoms with van der Waals surface area (Å²) in [7, 11) is -3.38. The van der Waals surface area contributed by atoms with Gasteiger partial charge in [0.2, 0.25) is 10.0 Å². The first-order valence-electron chi connectivity index (χ1n) is 8.22. The second-order valence-electron chi connectivity index (χ2n) is 6.21. The van der Waals surface area contributed by atoms with E-state index in [0.717, 1.165) is 23.4 Å². The monoisotopic (exact) mass is 384 g/mol. The van der Waals surface area contributed by atoms with Crippen LogP contribution in [-0.4, -0.2) is 26.8 Å². The fraction of sp³-hybridized carbons (Fsp3) is 0.333. The van der Waals surface area contributed by atoms with E-state index in [0.29, 0.717) is 18.7 Å². The van der Waals surface area contributed by atoms with Gasteiger partial charge in [0.1, 0.15) is 0 Å². The number of anilines is 2. The molecule has 1 aliphatic heterocycles. The summed E-state index contributed by atoms with van der Waals surface area (Å²) < 4.78 is 64.9. The third-order valence-electron chi connectivity index (χ3n) is 4.38. The molecule has 0 amide bonds. The summed E-state index contributed by atoms with van der Waals surface area (Å²) in [6.07, 6.45) is -3.86. The molecule has 0 saturated carbocycles. The van der Waals surface area contributed by atoms with Crippen LogP contribution in [0, 0.1) is 0 Å². The van der Waals surface area contributed by atoms with Gasteiger partial charge < -0.3 is 4.90 Å². The predicted octanol–water partition coefficient (Wildman–Crippen LogP) is 3.71. The van der Waals surface area contributed by atoms with Crippen LogP contribution in [0.3, 0.4) is 0 Å². The Balaban J connectivity index is 1.94. The van der Waals surface area contributed by atoms with Gasteiger partial charge in [0, 0.05) is 24.0 Å². The maximum absolute atomic E-state index is 12.8. The van der Waals surface area contributed by atoms with Crippen molar-refractivity contribution < 1.29 is 21.6 Å². The highest BCUT2D eigenvalue weighted by atomic mass is 32.2. The quantitative estimate of drug-likeness (QED) is 0.874. The maximum atomic E-state index is 12.8. The number of nitrogens with zero attached hydrogens (tertiary/aromatic N) is 1. The zero-order valence-electron chi connectivity index (χ0n) is 14.1. The van der Waals surface area contributed by atoms with Crippen LogP contribution >= 0.6 is 0 Å². The van der Waals surface area contributed by atoms with Crippen LogP contribution in [-0.2, 0) is 22.6 Å². The molecule has 0 saturated heterocycles. The first kappa shape index (κ1) is 18.7. The molecule has 140 valence electrons. The van der Waals surface area contributed by atoms with Crippen LogP contribution in [0.1, 0.15) is 18.1 Å². The van der Waals surface area contributed by atoms with E-state index in [1.165, 1.54) is 12.1 Å². The Morgan fingerprint density at radius 3 is 2.38 bits per heavy atom. The minimum atomic E-state index is -4.39. The van der Waals surface area contributed by atoms with E-state index in [-0.39, 0.29) is 11.8 Å². The average Bonchev–Trinajstić information content (AvgIpc) is 2.60. The smallest absolute Gasteiger partial charge is 0.340 e. The van der Waals surface area contributed by atoms with Crippen molar-refractivity contribution in [1.82, 2.24) is 4.72 Å². The maximum Gasteiger partial charge on any atom is 0.416 e. The number of fused-ring (bicyclic) bond motifs is 1. The number of benzene rings is 2. The second kappa shape index (κ2) is 6.92. The summed E-state index contributed by atoms with van der Waals surface area (Å²) in [4.78, 5) is 1.85. The van der Waals surface area contributed by atoms with Crippen molar-refractivity contribution in [1.29, 1.82) is 0 Å². The number of halogens is 3. The number of hydrogen-bond acceptors (Lipinski definition) is 3. The van der Waals surface area contributed by atoms with Crippen LogP contribution in [0.4, 0.5) is 24.5 Å². The third-order valence-corrected chi connectivity index (χ3v) is 5.84. The van der Waals surface area contributed by atoms with Gasteiger partial charge >= 0.3 is 6.18 Å². The number of alkyl halides is 3. The largest absolute Gasteiger partial charge is 0.416 e. The molecular formula is C18H19F3N2O2S. The Bertz CT molecular complexity index is 880. The molecule has 1 unspecified atom stereocenters. The van der Waals surface area contributed by atoms with Crippen molar-refractivity contribution in [3.05, 3.63) is 59.7 Å². The van der Waals surface area contributed by atoms with Crippen molar-refractivity contribution in [3.63, 3.8) is 0 Å². The molecule has 0 radical (unpaired) electrons. The van der Waals surface area contributed by atoms with Gasteiger partial charge in [0.15, 0.2) is 0 Å². The molecule has 0 aromatic heterocycles. The Morgan fingerprint density at radius 1 is 1.12 bits per heavy atom. The fourth-order valence-corrected chi connectivity index (χ4v) is 3.92. The zero-order chi connectivity index (χ0) is 18.9. The summed E-state index contributed by atoms with van der Waals surface area (Å²) in [6, 6.07) is 12.1. The molecule has 0 aliphatic carbocycles. The van der Waals surface area contributed by atoms with Crippen LogP contribution in [0.15, 0.2) is 48.5 Å². The van der Waals surface area contributed by atoms with E-state index in [9.17, 15) is 21.6 Å². The number of para-hydroxylation sites is 1. The molecule has 0 fully saturated rings. The number of nitrogens with one attached hydrogen (secondary N) is 1. The average molecular weight is 384 g/mol. The van der Waals surface area contributed by atoms with Crippen LogP contribution in [0.5, 0.6) is 0 Å². The predicted molar refractivity (Wildman–Crippen MR) is 95.0 cm³/mol. The van der Waals surface area contributed by atoms with Crippen LogP contribution < -0.4 is 9.62 Å². The lowest BCUT2D eigenvalue weighted by Gasteiger charge is -2.36. The van der Waals surface area contributed by atoms with Gasteiger partial charge in [-0.2, -0.15) is 13.2 Å². The lowest BCUT2D eigenvalue weighted by molar-refractivity contribution is -0.137. The zero-order valence-corrected chi connectivity index (χ0v) is 14.9. The minimum Gasteiger partial charge on any atom is -0.340 e. The summed E-state index contributed by atoms with van der Waals surface area (Å²) in [5.74, 6) is -0.0224. The van der Waals surface area contributed by atoms with Crippen molar-refractivity contribution in [2.45, 2.75) is 25.6 Å². The first-order chi connectivity index (χ1) is 12.2. The van der Waals surface area contributed by atoms with Gasteiger partial charge in [-0.3, -0.25) is 0 Å².